The van der Waals surface area contributed by atoms with Crippen molar-refractivity contribution in [3.8, 4) is 0 Å². The summed E-state index contributed by atoms with van der Waals surface area (Å²) in [5.74, 6) is -0.343. The standard InChI is InChI=1S/C11H22N2O3/c1-9(12)11(15)13-7-5-3-4-6-8-16-10(2)14/h9H,3-8,12H2,1-2H3,(H,13,15)/t9-/m0/s1. The molecule has 16 heavy (non-hydrogen) atoms. The molecule has 0 bridgehead atoms. The van der Waals surface area contributed by atoms with Crippen LogP contribution >= 0.6 is 0 Å². The maximum Gasteiger partial charge on any atom is 0.302 e. The zero-order chi connectivity index (χ0) is 12.4. The van der Waals surface area contributed by atoms with Gasteiger partial charge in [-0.1, -0.05) is 6.42 Å². The molecule has 1 amide bonds. The summed E-state index contributed by atoms with van der Waals surface area (Å²) in [6, 6.07) is -0.441. The molecule has 5 nitrogen and oxygen atoms in total. The van der Waals surface area contributed by atoms with Crippen molar-refractivity contribution in [1.82, 2.24) is 5.32 Å². The number of ether oxygens (including phenoxy) is 1. The SMILES string of the molecule is CC(=O)OCCCCCCNC(=O)[C@H](C)N. The van der Waals surface area contributed by atoms with Crippen molar-refractivity contribution in [3.63, 3.8) is 0 Å². The van der Waals surface area contributed by atoms with Gasteiger partial charge in [-0.15, -0.1) is 0 Å². The second-order valence-electron chi connectivity index (χ2n) is 3.83. The van der Waals surface area contributed by atoms with Gasteiger partial charge in [0, 0.05) is 13.5 Å². The number of carbonyl (C=O) groups excluding carboxylic acids is 2. The topological polar surface area (TPSA) is 81.4 Å². The van der Waals surface area contributed by atoms with Crippen molar-refractivity contribution in [2.24, 2.45) is 5.73 Å². The molecule has 0 aliphatic rings. The smallest absolute Gasteiger partial charge is 0.302 e. The summed E-state index contributed by atoms with van der Waals surface area (Å²) in [7, 11) is 0. The van der Waals surface area contributed by atoms with Gasteiger partial charge in [0.05, 0.1) is 12.6 Å². The van der Waals surface area contributed by atoms with E-state index in [-0.39, 0.29) is 11.9 Å². The summed E-state index contributed by atoms with van der Waals surface area (Å²) >= 11 is 0. The van der Waals surface area contributed by atoms with Crippen LogP contribution in [0.15, 0.2) is 0 Å². The molecule has 0 radical (unpaired) electrons. The summed E-state index contributed by atoms with van der Waals surface area (Å²) in [5.41, 5.74) is 5.38. The Morgan fingerprint density at radius 1 is 1.25 bits per heavy atom. The molecule has 5 heteroatoms. The molecule has 1 atom stereocenters. The average molecular weight is 230 g/mol. The molecule has 0 aliphatic heterocycles. The molecule has 0 saturated carbocycles. The number of amides is 1. The van der Waals surface area contributed by atoms with Crippen molar-refractivity contribution in [1.29, 1.82) is 0 Å². The fourth-order valence-electron chi connectivity index (χ4n) is 1.17. The van der Waals surface area contributed by atoms with Gasteiger partial charge < -0.3 is 15.8 Å². The van der Waals surface area contributed by atoms with E-state index in [9.17, 15) is 9.59 Å². The van der Waals surface area contributed by atoms with Crippen LogP contribution in [0.2, 0.25) is 0 Å². The van der Waals surface area contributed by atoms with Crippen LogP contribution in [0.3, 0.4) is 0 Å². The first-order chi connectivity index (χ1) is 7.54. The van der Waals surface area contributed by atoms with E-state index in [1.165, 1.54) is 6.92 Å². The number of hydrogen-bond acceptors (Lipinski definition) is 4. The molecular formula is C11H22N2O3. The van der Waals surface area contributed by atoms with Gasteiger partial charge in [-0.25, -0.2) is 0 Å². The van der Waals surface area contributed by atoms with Crippen LogP contribution in [0, 0.1) is 0 Å². The van der Waals surface area contributed by atoms with Gasteiger partial charge in [0.2, 0.25) is 5.91 Å². The number of carbonyl (C=O) groups is 2. The first kappa shape index (κ1) is 14.9. The van der Waals surface area contributed by atoms with E-state index in [1.807, 2.05) is 0 Å². The lowest BCUT2D eigenvalue weighted by Crippen LogP contribution is -2.38. The number of rotatable bonds is 8. The molecule has 0 aromatic heterocycles. The third-order valence-electron chi connectivity index (χ3n) is 2.09. The molecule has 0 unspecified atom stereocenters. The van der Waals surface area contributed by atoms with E-state index in [0.717, 1.165) is 25.7 Å². The fourth-order valence-corrected chi connectivity index (χ4v) is 1.17. The highest BCUT2D eigenvalue weighted by atomic mass is 16.5. The van der Waals surface area contributed by atoms with Crippen LogP contribution in [0.4, 0.5) is 0 Å². The number of nitrogens with one attached hydrogen (secondary N) is 1. The molecule has 3 N–H and O–H groups in total. The summed E-state index contributed by atoms with van der Waals surface area (Å²) in [4.78, 5) is 21.5. The lowest BCUT2D eigenvalue weighted by atomic mass is 10.2. The van der Waals surface area contributed by atoms with Crippen LogP contribution in [0.5, 0.6) is 0 Å². The highest BCUT2D eigenvalue weighted by Crippen LogP contribution is 1.99. The highest BCUT2D eigenvalue weighted by Gasteiger charge is 2.04. The number of esters is 1. The first-order valence-corrected chi connectivity index (χ1v) is 5.70. The second kappa shape index (κ2) is 9.15. The van der Waals surface area contributed by atoms with E-state index in [1.54, 1.807) is 6.92 Å². The second-order valence-corrected chi connectivity index (χ2v) is 3.83. The Hall–Kier alpha value is -1.10. The van der Waals surface area contributed by atoms with E-state index < -0.39 is 6.04 Å². The summed E-state index contributed by atoms with van der Waals surface area (Å²) in [6.45, 7) is 4.22. The number of hydrogen-bond donors (Lipinski definition) is 2. The zero-order valence-electron chi connectivity index (χ0n) is 10.1. The van der Waals surface area contributed by atoms with Crippen molar-refractivity contribution >= 4 is 11.9 Å². The third-order valence-corrected chi connectivity index (χ3v) is 2.09. The van der Waals surface area contributed by atoms with Crippen LogP contribution < -0.4 is 11.1 Å². The summed E-state index contributed by atoms with van der Waals surface area (Å²) < 4.78 is 4.79. The quantitative estimate of drug-likeness (QED) is 0.472. The Kier molecular flexibility index (Phi) is 8.52. The maximum atomic E-state index is 11.1. The normalized spacial score (nSPS) is 11.9. The van der Waals surface area contributed by atoms with E-state index in [0.29, 0.717) is 13.2 Å². The predicted octanol–water partition coefficient (Wildman–Crippen LogP) is 0.573. The molecule has 0 aromatic rings. The van der Waals surface area contributed by atoms with Crippen LogP contribution in [-0.4, -0.2) is 31.1 Å². The Labute approximate surface area is 96.7 Å². The Morgan fingerprint density at radius 2 is 1.88 bits per heavy atom. The van der Waals surface area contributed by atoms with Gasteiger partial charge in [-0.05, 0) is 26.2 Å². The lowest BCUT2D eigenvalue weighted by Gasteiger charge is -2.07. The van der Waals surface area contributed by atoms with Gasteiger partial charge in [0.25, 0.3) is 0 Å². The van der Waals surface area contributed by atoms with Gasteiger partial charge in [0.15, 0.2) is 0 Å². The van der Waals surface area contributed by atoms with Gasteiger partial charge in [-0.2, -0.15) is 0 Å². The Bertz CT molecular complexity index is 217. The lowest BCUT2D eigenvalue weighted by molar-refractivity contribution is -0.141. The minimum Gasteiger partial charge on any atom is -0.466 e. The molecule has 0 aliphatic carbocycles. The van der Waals surface area contributed by atoms with Crippen molar-refractivity contribution < 1.29 is 14.3 Å². The molecule has 0 saturated heterocycles. The Balaban J connectivity index is 3.16. The molecular weight excluding hydrogens is 208 g/mol. The maximum absolute atomic E-state index is 11.1. The molecule has 0 heterocycles. The number of unbranched alkanes of at least 4 members (excludes halogenated alkanes) is 3. The van der Waals surface area contributed by atoms with Crippen LogP contribution in [0.1, 0.15) is 39.5 Å². The zero-order valence-corrected chi connectivity index (χ0v) is 10.1. The van der Waals surface area contributed by atoms with Crippen molar-refractivity contribution in [2.75, 3.05) is 13.2 Å². The monoisotopic (exact) mass is 230 g/mol. The summed E-state index contributed by atoms with van der Waals surface area (Å²) in [5, 5.41) is 2.74. The number of nitrogens with two attached hydrogens (primary N) is 1. The predicted molar refractivity (Wildman–Crippen MR) is 61.8 cm³/mol. The van der Waals surface area contributed by atoms with Gasteiger partial charge in [-0.3, -0.25) is 9.59 Å². The van der Waals surface area contributed by atoms with E-state index in [4.69, 9.17) is 10.5 Å². The van der Waals surface area contributed by atoms with Gasteiger partial charge in [0.1, 0.15) is 0 Å². The summed E-state index contributed by atoms with van der Waals surface area (Å²) in [6.07, 6.45) is 3.82. The largest absolute Gasteiger partial charge is 0.466 e. The van der Waals surface area contributed by atoms with Gasteiger partial charge >= 0.3 is 5.97 Å². The average Bonchev–Trinajstić information content (AvgIpc) is 2.21. The van der Waals surface area contributed by atoms with E-state index >= 15 is 0 Å². The molecule has 0 fully saturated rings. The molecule has 0 rings (SSSR count). The molecule has 0 spiro atoms. The molecule has 0 aromatic carbocycles. The fraction of sp³-hybridized carbons (Fsp3) is 0.818. The minimum absolute atomic E-state index is 0.111. The first-order valence-electron chi connectivity index (χ1n) is 5.70. The highest BCUT2D eigenvalue weighted by molar-refractivity contribution is 5.80. The minimum atomic E-state index is -0.441. The Morgan fingerprint density at radius 3 is 2.44 bits per heavy atom. The third kappa shape index (κ3) is 9.45. The van der Waals surface area contributed by atoms with E-state index in [2.05, 4.69) is 5.32 Å². The van der Waals surface area contributed by atoms with Crippen molar-refractivity contribution in [2.45, 2.75) is 45.6 Å². The molecule has 94 valence electrons. The van der Waals surface area contributed by atoms with Crippen LogP contribution in [0.25, 0.3) is 0 Å². The van der Waals surface area contributed by atoms with Crippen molar-refractivity contribution in [3.05, 3.63) is 0 Å². The van der Waals surface area contributed by atoms with Crippen LogP contribution in [-0.2, 0) is 14.3 Å².